The number of fused-ring (bicyclic) bond motifs is 1. The number of hydrogen-bond acceptors (Lipinski definition) is 3. The Kier molecular flexibility index (Phi) is 2.37. The molecule has 0 fully saturated rings. The van der Waals surface area contributed by atoms with Crippen molar-refractivity contribution in [2.75, 3.05) is 0 Å². The zero-order valence-electron chi connectivity index (χ0n) is 10.7. The minimum Gasteiger partial charge on any atom is -0.268 e. The minimum absolute atomic E-state index is 0.789. The molecule has 0 radical (unpaired) electrons. The second kappa shape index (κ2) is 3.91. The van der Waals surface area contributed by atoms with Crippen LogP contribution in [-0.2, 0) is 7.05 Å². The summed E-state index contributed by atoms with van der Waals surface area (Å²) in [5.74, 6) is 0.789. The molecule has 0 aliphatic rings. The van der Waals surface area contributed by atoms with Gasteiger partial charge in [-0.2, -0.15) is 5.10 Å². The molecule has 4 heteroatoms. The average Bonchev–Trinajstić information content (AvgIpc) is 2.66. The highest BCUT2D eigenvalue weighted by Gasteiger charge is 2.07. The Morgan fingerprint density at radius 2 is 1.72 bits per heavy atom. The van der Waals surface area contributed by atoms with Crippen LogP contribution in [0.25, 0.3) is 22.0 Å². The molecule has 2 heterocycles. The number of hydrogen-bond donors (Lipinski definition) is 0. The first-order valence-electron chi connectivity index (χ1n) is 5.87. The van der Waals surface area contributed by atoms with Gasteiger partial charge in [0.15, 0.2) is 0 Å². The Morgan fingerprint density at radius 1 is 1.00 bits per heavy atom. The van der Waals surface area contributed by atoms with Crippen LogP contribution < -0.4 is 0 Å². The van der Waals surface area contributed by atoms with Crippen LogP contribution in [0.4, 0.5) is 0 Å². The third-order valence-corrected chi connectivity index (χ3v) is 3.15. The highest BCUT2D eigenvalue weighted by atomic mass is 15.3. The molecule has 0 aliphatic carbocycles. The third kappa shape index (κ3) is 1.66. The topological polar surface area (TPSA) is 43.6 Å². The summed E-state index contributed by atoms with van der Waals surface area (Å²) >= 11 is 0. The maximum Gasteiger partial charge on any atom is 0.125 e. The van der Waals surface area contributed by atoms with Crippen molar-refractivity contribution >= 4 is 10.9 Å². The summed E-state index contributed by atoms with van der Waals surface area (Å²) in [7, 11) is 1.96. The number of rotatable bonds is 1. The lowest BCUT2D eigenvalue weighted by molar-refractivity contribution is 0.783. The van der Waals surface area contributed by atoms with Crippen LogP contribution in [0.5, 0.6) is 0 Å². The molecule has 0 unspecified atom stereocenters. The Labute approximate surface area is 105 Å². The molecule has 0 saturated carbocycles. The smallest absolute Gasteiger partial charge is 0.125 e. The summed E-state index contributed by atoms with van der Waals surface area (Å²) in [6.07, 6.45) is 3.71. The van der Waals surface area contributed by atoms with Crippen molar-refractivity contribution in [3.63, 3.8) is 0 Å². The van der Waals surface area contributed by atoms with E-state index in [4.69, 9.17) is 0 Å². The van der Waals surface area contributed by atoms with Gasteiger partial charge in [-0.1, -0.05) is 6.07 Å². The molecule has 0 saturated heterocycles. The Morgan fingerprint density at radius 3 is 2.44 bits per heavy atom. The molecule has 3 aromatic rings. The fourth-order valence-corrected chi connectivity index (χ4v) is 2.16. The Bertz CT molecular complexity index is 710. The molecule has 0 aliphatic heterocycles. The van der Waals surface area contributed by atoms with Crippen molar-refractivity contribution in [2.24, 2.45) is 7.05 Å². The van der Waals surface area contributed by atoms with E-state index >= 15 is 0 Å². The van der Waals surface area contributed by atoms with E-state index in [1.54, 1.807) is 0 Å². The van der Waals surface area contributed by atoms with Crippen molar-refractivity contribution in [1.82, 2.24) is 19.7 Å². The average molecular weight is 238 g/mol. The molecule has 4 nitrogen and oxygen atoms in total. The molecule has 0 atom stereocenters. The summed E-state index contributed by atoms with van der Waals surface area (Å²) in [6, 6.07) is 6.31. The van der Waals surface area contributed by atoms with Gasteiger partial charge in [-0.3, -0.25) is 4.68 Å². The SMILES string of the molecule is Cc1ncc(-c2ccc3c(c2)c(C)nn3C)cn1. The second-order valence-corrected chi connectivity index (χ2v) is 4.46. The van der Waals surface area contributed by atoms with Crippen LogP contribution in [0.2, 0.25) is 0 Å². The summed E-state index contributed by atoms with van der Waals surface area (Å²) in [6.45, 7) is 3.91. The minimum atomic E-state index is 0.789. The van der Waals surface area contributed by atoms with E-state index in [1.807, 2.05) is 38.0 Å². The van der Waals surface area contributed by atoms with Crippen LogP contribution >= 0.6 is 0 Å². The van der Waals surface area contributed by atoms with Crippen molar-refractivity contribution in [1.29, 1.82) is 0 Å². The maximum atomic E-state index is 4.42. The van der Waals surface area contributed by atoms with Gasteiger partial charge in [-0.15, -0.1) is 0 Å². The highest BCUT2D eigenvalue weighted by Crippen LogP contribution is 2.25. The van der Waals surface area contributed by atoms with Gasteiger partial charge < -0.3 is 0 Å². The summed E-state index contributed by atoms with van der Waals surface area (Å²) in [5.41, 5.74) is 4.34. The van der Waals surface area contributed by atoms with Gasteiger partial charge in [0.25, 0.3) is 0 Å². The van der Waals surface area contributed by atoms with Gasteiger partial charge >= 0.3 is 0 Å². The van der Waals surface area contributed by atoms with Gasteiger partial charge in [0, 0.05) is 30.4 Å². The van der Waals surface area contributed by atoms with Crippen molar-refractivity contribution in [2.45, 2.75) is 13.8 Å². The molecule has 0 N–H and O–H groups in total. The molecule has 0 spiro atoms. The van der Waals surface area contributed by atoms with Gasteiger partial charge in [-0.05, 0) is 31.5 Å². The third-order valence-electron chi connectivity index (χ3n) is 3.15. The zero-order valence-corrected chi connectivity index (χ0v) is 10.7. The van der Waals surface area contributed by atoms with Gasteiger partial charge in [0.2, 0.25) is 0 Å². The molecule has 2 aromatic heterocycles. The number of nitrogens with zero attached hydrogens (tertiary/aromatic N) is 4. The molecule has 90 valence electrons. The lowest BCUT2D eigenvalue weighted by Gasteiger charge is -2.02. The predicted molar refractivity (Wildman–Crippen MR) is 71.2 cm³/mol. The van der Waals surface area contributed by atoms with Gasteiger partial charge in [0.1, 0.15) is 5.82 Å². The second-order valence-electron chi connectivity index (χ2n) is 4.46. The van der Waals surface area contributed by atoms with E-state index in [9.17, 15) is 0 Å². The molecule has 3 rings (SSSR count). The monoisotopic (exact) mass is 238 g/mol. The molecular formula is C14H14N4. The van der Waals surface area contributed by atoms with Crippen LogP contribution in [0.15, 0.2) is 30.6 Å². The fraction of sp³-hybridized carbons (Fsp3) is 0.214. The number of aryl methyl sites for hydroxylation is 3. The maximum absolute atomic E-state index is 4.42. The molecule has 0 bridgehead atoms. The first kappa shape index (κ1) is 10.9. The first-order valence-corrected chi connectivity index (χ1v) is 5.87. The standard InChI is InChI=1S/C14H14N4/c1-9-13-6-11(4-5-14(13)18(3)17-9)12-7-15-10(2)16-8-12/h4-8H,1-3H3. The summed E-state index contributed by atoms with van der Waals surface area (Å²) in [5, 5.41) is 5.60. The quantitative estimate of drug-likeness (QED) is 0.654. The van der Waals surface area contributed by atoms with Gasteiger partial charge in [-0.25, -0.2) is 9.97 Å². The molecular weight excluding hydrogens is 224 g/mol. The summed E-state index contributed by atoms with van der Waals surface area (Å²) < 4.78 is 1.90. The fourth-order valence-electron chi connectivity index (χ4n) is 2.16. The van der Waals surface area contributed by atoms with Crippen LogP contribution in [0.1, 0.15) is 11.5 Å². The Hall–Kier alpha value is -2.23. The van der Waals surface area contributed by atoms with Crippen molar-refractivity contribution in [3.8, 4) is 11.1 Å². The predicted octanol–water partition coefficient (Wildman–Crippen LogP) is 2.65. The lowest BCUT2D eigenvalue weighted by Crippen LogP contribution is -1.89. The zero-order chi connectivity index (χ0) is 12.7. The van der Waals surface area contributed by atoms with Crippen molar-refractivity contribution in [3.05, 3.63) is 42.1 Å². The highest BCUT2D eigenvalue weighted by molar-refractivity contribution is 5.86. The van der Waals surface area contributed by atoms with E-state index < -0.39 is 0 Å². The molecule has 1 aromatic carbocycles. The number of aromatic nitrogens is 4. The van der Waals surface area contributed by atoms with E-state index in [-0.39, 0.29) is 0 Å². The normalized spacial score (nSPS) is 11.1. The first-order chi connectivity index (χ1) is 8.65. The van der Waals surface area contributed by atoms with Crippen molar-refractivity contribution < 1.29 is 0 Å². The van der Waals surface area contributed by atoms with Crippen LogP contribution in [0, 0.1) is 13.8 Å². The van der Waals surface area contributed by atoms with Gasteiger partial charge in [0.05, 0.1) is 11.2 Å². The largest absolute Gasteiger partial charge is 0.268 e. The van der Waals surface area contributed by atoms with E-state index in [0.717, 1.165) is 28.2 Å². The molecule has 18 heavy (non-hydrogen) atoms. The van der Waals surface area contributed by atoms with Crippen LogP contribution in [-0.4, -0.2) is 19.7 Å². The van der Waals surface area contributed by atoms with E-state index in [0.29, 0.717) is 0 Å². The van der Waals surface area contributed by atoms with Crippen LogP contribution in [0.3, 0.4) is 0 Å². The van der Waals surface area contributed by atoms with E-state index in [2.05, 4.69) is 33.3 Å². The summed E-state index contributed by atoms with van der Waals surface area (Å²) in [4.78, 5) is 8.46. The number of benzene rings is 1. The lowest BCUT2D eigenvalue weighted by atomic mass is 10.1. The molecule has 0 amide bonds. The van der Waals surface area contributed by atoms with E-state index in [1.165, 1.54) is 5.39 Å². The Balaban J connectivity index is 2.18.